The van der Waals surface area contributed by atoms with Gasteiger partial charge in [0.25, 0.3) is 0 Å². The van der Waals surface area contributed by atoms with Gasteiger partial charge in [-0.25, -0.2) is 0 Å². The zero-order chi connectivity index (χ0) is 15.3. The predicted octanol–water partition coefficient (Wildman–Crippen LogP) is 2.81. The van der Waals surface area contributed by atoms with Gasteiger partial charge in [0, 0.05) is 25.6 Å². The summed E-state index contributed by atoms with van der Waals surface area (Å²) in [5.74, 6) is 1.60. The number of alkyl halides is 1. The molecule has 1 aromatic rings. The Morgan fingerprint density at radius 2 is 2.19 bits per heavy atom. The van der Waals surface area contributed by atoms with Gasteiger partial charge >= 0.3 is 0 Å². The highest BCUT2D eigenvalue weighted by Gasteiger charge is 2.33. The molecule has 0 spiro atoms. The highest BCUT2D eigenvalue weighted by Crippen LogP contribution is 2.39. The van der Waals surface area contributed by atoms with E-state index in [4.69, 9.17) is 4.74 Å². The van der Waals surface area contributed by atoms with Gasteiger partial charge in [-0.1, -0.05) is 18.2 Å². The first kappa shape index (κ1) is 15.6. The van der Waals surface area contributed by atoms with Gasteiger partial charge in [-0.15, -0.1) is 0 Å². The van der Waals surface area contributed by atoms with Crippen LogP contribution in [0.5, 0.6) is 5.75 Å². The first-order valence-electron chi connectivity index (χ1n) is 7.37. The highest BCUT2D eigenvalue weighted by atomic mass is 19.1. The summed E-state index contributed by atoms with van der Waals surface area (Å²) in [6, 6.07) is 8.17. The van der Waals surface area contributed by atoms with Crippen molar-refractivity contribution in [3.05, 3.63) is 29.8 Å². The van der Waals surface area contributed by atoms with Crippen LogP contribution in [0.3, 0.4) is 0 Å². The van der Waals surface area contributed by atoms with E-state index in [2.05, 4.69) is 35.5 Å². The van der Waals surface area contributed by atoms with E-state index in [0.29, 0.717) is 18.9 Å². The van der Waals surface area contributed by atoms with Crippen LogP contribution >= 0.6 is 0 Å². The first-order chi connectivity index (χ1) is 10.1. The molecular weight excluding hydrogens is 269 g/mol. The minimum Gasteiger partial charge on any atom is -0.487 e. The van der Waals surface area contributed by atoms with Crippen LogP contribution in [0.4, 0.5) is 4.39 Å². The summed E-state index contributed by atoms with van der Waals surface area (Å²) in [4.78, 5) is 4.21. The molecule has 116 valence electrons. The Bertz CT molecular complexity index is 502. The van der Waals surface area contributed by atoms with Crippen LogP contribution in [0, 0.1) is 0 Å². The normalized spacial score (nSPS) is 20.4. The molecule has 1 aliphatic heterocycles. The van der Waals surface area contributed by atoms with Crippen molar-refractivity contribution < 1.29 is 9.13 Å². The second kappa shape index (κ2) is 6.78. The van der Waals surface area contributed by atoms with Crippen molar-refractivity contribution in [1.29, 1.82) is 0 Å². The molecule has 0 radical (unpaired) electrons. The Labute approximate surface area is 125 Å². The second-order valence-electron chi connectivity index (χ2n) is 5.84. The van der Waals surface area contributed by atoms with Gasteiger partial charge in [0.15, 0.2) is 5.96 Å². The van der Waals surface area contributed by atoms with Crippen molar-refractivity contribution in [3.8, 4) is 5.75 Å². The van der Waals surface area contributed by atoms with Crippen LogP contribution in [0.2, 0.25) is 0 Å². The number of hydrogen-bond acceptors (Lipinski definition) is 2. The van der Waals surface area contributed by atoms with Crippen LogP contribution in [0.1, 0.15) is 38.3 Å². The van der Waals surface area contributed by atoms with E-state index < -0.39 is 0 Å². The number of ether oxygens (including phenoxy) is 1. The lowest BCUT2D eigenvalue weighted by molar-refractivity contribution is 0.0694. The molecule has 5 heteroatoms. The lowest BCUT2D eigenvalue weighted by atomic mass is 9.90. The monoisotopic (exact) mass is 293 g/mol. The zero-order valence-electron chi connectivity index (χ0n) is 12.9. The van der Waals surface area contributed by atoms with Crippen molar-refractivity contribution in [1.82, 2.24) is 10.6 Å². The van der Waals surface area contributed by atoms with Crippen molar-refractivity contribution in [2.24, 2.45) is 4.99 Å². The van der Waals surface area contributed by atoms with E-state index in [0.717, 1.165) is 17.7 Å². The molecule has 1 atom stereocenters. The molecule has 4 nitrogen and oxygen atoms in total. The summed E-state index contributed by atoms with van der Waals surface area (Å²) in [6.45, 7) is 4.41. The molecule has 2 rings (SSSR count). The van der Waals surface area contributed by atoms with Crippen molar-refractivity contribution in [2.75, 3.05) is 20.3 Å². The zero-order valence-corrected chi connectivity index (χ0v) is 12.9. The number of benzene rings is 1. The van der Waals surface area contributed by atoms with E-state index >= 15 is 0 Å². The van der Waals surface area contributed by atoms with Gasteiger partial charge < -0.3 is 15.4 Å². The lowest BCUT2D eigenvalue weighted by Crippen LogP contribution is -2.45. The summed E-state index contributed by atoms with van der Waals surface area (Å²) >= 11 is 0. The summed E-state index contributed by atoms with van der Waals surface area (Å²) in [7, 11) is 1.72. The lowest BCUT2D eigenvalue weighted by Gasteiger charge is -2.38. The average molecular weight is 293 g/mol. The summed E-state index contributed by atoms with van der Waals surface area (Å²) in [5, 5.41) is 6.55. The third-order valence-corrected chi connectivity index (χ3v) is 3.51. The third-order valence-electron chi connectivity index (χ3n) is 3.51. The minimum atomic E-state index is -0.322. The number of fused-ring (bicyclic) bond motifs is 1. The van der Waals surface area contributed by atoms with Crippen LogP contribution in [-0.2, 0) is 0 Å². The molecule has 21 heavy (non-hydrogen) atoms. The number of para-hydroxylation sites is 1. The fourth-order valence-electron chi connectivity index (χ4n) is 2.56. The second-order valence-corrected chi connectivity index (χ2v) is 5.84. The van der Waals surface area contributed by atoms with Gasteiger partial charge in [0.1, 0.15) is 11.4 Å². The average Bonchev–Trinajstić information content (AvgIpc) is 2.45. The Kier molecular flexibility index (Phi) is 5.04. The van der Waals surface area contributed by atoms with Crippen LogP contribution in [0.25, 0.3) is 0 Å². The Morgan fingerprint density at radius 1 is 1.43 bits per heavy atom. The first-order valence-corrected chi connectivity index (χ1v) is 7.37. The van der Waals surface area contributed by atoms with Gasteiger partial charge in [-0.3, -0.25) is 9.38 Å². The van der Waals surface area contributed by atoms with Gasteiger partial charge in [-0.2, -0.15) is 0 Å². The molecule has 0 saturated heterocycles. The molecule has 1 aliphatic rings. The number of hydrogen-bond donors (Lipinski definition) is 2. The van der Waals surface area contributed by atoms with Gasteiger partial charge in [-0.05, 0) is 26.3 Å². The van der Waals surface area contributed by atoms with E-state index in [-0.39, 0.29) is 18.3 Å². The summed E-state index contributed by atoms with van der Waals surface area (Å²) < 4.78 is 18.2. The topological polar surface area (TPSA) is 45.7 Å². The molecule has 0 amide bonds. The molecule has 0 saturated carbocycles. The van der Waals surface area contributed by atoms with E-state index in [1.165, 1.54) is 0 Å². The molecule has 1 unspecified atom stereocenters. The molecule has 0 fully saturated rings. The smallest absolute Gasteiger partial charge is 0.191 e. The fraction of sp³-hybridized carbons (Fsp3) is 0.562. The molecule has 2 N–H and O–H groups in total. The molecule has 0 aliphatic carbocycles. The van der Waals surface area contributed by atoms with Crippen molar-refractivity contribution in [3.63, 3.8) is 0 Å². The van der Waals surface area contributed by atoms with Crippen LogP contribution in [-0.4, -0.2) is 31.8 Å². The highest BCUT2D eigenvalue weighted by molar-refractivity contribution is 5.80. The van der Waals surface area contributed by atoms with E-state index in [1.54, 1.807) is 7.05 Å². The van der Waals surface area contributed by atoms with Crippen LogP contribution in [0.15, 0.2) is 29.3 Å². The van der Waals surface area contributed by atoms with Gasteiger partial charge in [0.05, 0.1) is 12.7 Å². The SMILES string of the molecule is CN=C(NCCCF)NC1CC(C)(C)Oc2ccccc21. The van der Waals surface area contributed by atoms with Crippen LogP contribution < -0.4 is 15.4 Å². The summed E-state index contributed by atoms with van der Waals surface area (Å²) in [5.41, 5.74) is 0.898. The largest absolute Gasteiger partial charge is 0.487 e. The standard InChI is InChI=1S/C16H24FN3O/c1-16(2)11-13(12-7-4-5-8-14(12)21-16)20-15(18-3)19-10-6-9-17/h4-5,7-8,13H,6,9-11H2,1-3H3,(H2,18,19,20). The Morgan fingerprint density at radius 3 is 2.90 bits per heavy atom. The third kappa shape index (κ3) is 4.09. The number of nitrogens with one attached hydrogen (secondary N) is 2. The maximum absolute atomic E-state index is 12.2. The fourth-order valence-corrected chi connectivity index (χ4v) is 2.56. The number of nitrogens with zero attached hydrogens (tertiary/aromatic N) is 1. The molecule has 0 bridgehead atoms. The molecule has 0 aromatic heterocycles. The summed E-state index contributed by atoms with van der Waals surface area (Å²) in [6.07, 6.45) is 1.32. The van der Waals surface area contributed by atoms with Gasteiger partial charge in [0.2, 0.25) is 0 Å². The number of halogens is 1. The predicted molar refractivity (Wildman–Crippen MR) is 83.6 cm³/mol. The quantitative estimate of drug-likeness (QED) is 0.510. The molecule has 1 heterocycles. The minimum absolute atomic E-state index is 0.126. The molecular formula is C16H24FN3O. The Balaban J connectivity index is 2.11. The van der Waals surface area contributed by atoms with Crippen molar-refractivity contribution in [2.45, 2.75) is 38.3 Å². The number of guanidine groups is 1. The Hall–Kier alpha value is -1.78. The van der Waals surface area contributed by atoms with E-state index in [9.17, 15) is 4.39 Å². The molecule has 1 aromatic carbocycles. The van der Waals surface area contributed by atoms with Crippen molar-refractivity contribution >= 4 is 5.96 Å². The number of rotatable bonds is 4. The van der Waals surface area contributed by atoms with E-state index in [1.807, 2.05) is 18.2 Å². The maximum atomic E-state index is 12.2. The number of aliphatic imine (C=N–C) groups is 1. The maximum Gasteiger partial charge on any atom is 0.191 e.